The minimum absolute atomic E-state index is 0.0278. The molecule has 1 aliphatic heterocycles. The number of aromatic nitrogens is 2. The number of hydrogen-bond acceptors (Lipinski definition) is 7. The summed E-state index contributed by atoms with van der Waals surface area (Å²) in [6.07, 6.45) is 0.757. The van der Waals surface area contributed by atoms with E-state index in [2.05, 4.69) is 20.4 Å². The van der Waals surface area contributed by atoms with Crippen LogP contribution in [0.25, 0.3) is 11.4 Å². The van der Waals surface area contributed by atoms with E-state index in [4.69, 9.17) is 4.52 Å². The fourth-order valence-electron chi connectivity index (χ4n) is 3.79. The molecule has 3 heterocycles. The van der Waals surface area contributed by atoms with E-state index in [0.717, 1.165) is 22.4 Å². The molecule has 0 unspecified atom stereocenters. The van der Waals surface area contributed by atoms with Gasteiger partial charge in [-0.05, 0) is 36.4 Å². The van der Waals surface area contributed by atoms with Gasteiger partial charge >= 0.3 is 0 Å². The Morgan fingerprint density at radius 2 is 1.88 bits per heavy atom. The average Bonchev–Trinajstić information content (AvgIpc) is 3.47. The fraction of sp³-hybridized carbons (Fsp3) is 0.391. The predicted octanol–water partition coefficient (Wildman–Crippen LogP) is 3.13. The molecule has 0 aliphatic carbocycles. The van der Waals surface area contributed by atoms with Crippen LogP contribution in [0.4, 0.5) is 5.69 Å². The normalized spacial score (nSPS) is 14.5. The van der Waals surface area contributed by atoms with Crippen LogP contribution in [0.5, 0.6) is 0 Å². The van der Waals surface area contributed by atoms with E-state index in [1.54, 1.807) is 11.3 Å². The molecule has 2 amide bonds. The van der Waals surface area contributed by atoms with Gasteiger partial charge in [-0.25, -0.2) is 0 Å². The first-order valence-corrected chi connectivity index (χ1v) is 11.7. The number of amides is 2. The van der Waals surface area contributed by atoms with Crippen molar-refractivity contribution in [3.63, 3.8) is 0 Å². The SMILES string of the molecule is Cc1cccc(C)c1NC(=O)CN1CCN(C(=O)CCc2nc(-c3ccsc3)no2)CC1. The van der Waals surface area contributed by atoms with Crippen LogP contribution in [0.1, 0.15) is 23.4 Å². The van der Waals surface area contributed by atoms with Crippen LogP contribution in [-0.4, -0.2) is 64.5 Å². The molecule has 2 aromatic heterocycles. The highest BCUT2D eigenvalue weighted by atomic mass is 32.1. The molecule has 4 rings (SSSR count). The van der Waals surface area contributed by atoms with Crippen LogP contribution < -0.4 is 5.32 Å². The van der Waals surface area contributed by atoms with E-state index in [1.165, 1.54) is 0 Å². The molecule has 9 heteroatoms. The minimum atomic E-state index is -0.0278. The minimum Gasteiger partial charge on any atom is -0.340 e. The van der Waals surface area contributed by atoms with Gasteiger partial charge in [0.2, 0.25) is 23.5 Å². The number of anilines is 1. The molecule has 8 nitrogen and oxygen atoms in total. The molecule has 3 aromatic rings. The molecule has 1 aliphatic rings. The van der Waals surface area contributed by atoms with Gasteiger partial charge in [-0.15, -0.1) is 0 Å². The largest absolute Gasteiger partial charge is 0.340 e. The van der Waals surface area contributed by atoms with Crippen LogP contribution in [0.3, 0.4) is 0 Å². The van der Waals surface area contributed by atoms with Crippen molar-refractivity contribution in [2.45, 2.75) is 26.7 Å². The monoisotopic (exact) mass is 453 g/mol. The molecule has 168 valence electrons. The maximum atomic E-state index is 12.6. The van der Waals surface area contributed by atoms with Crippen LogP contribution in [-0.2, 0) is 16.0 Å². The first-order chi connectivity index (χ1) is 15.5. The van der Waals surface area contributed by atoms with Crippen molar-refractivity contribution in [1.29, 1.82) is 0 Å². The number of para-hydroxylation sites is 1. The van der Waals surface area contributed by atoms with E-state index < -0.39 is 0 Å². The molecule has 1 saturated heterocycles. The summed E-state index contributed by atoms with van der Waals surface area (Å²) < 4.78 is 5.27. The molecular weight excluding hydrogens is 426 g/mol. The molecule has 0 saturated carbocycles. The van der Waals surface area contributed by atoms with E-state index in [0.29, 0.717) is 57.3 Å². The quantitative estimate of drug-likeness (QED) is 0.591. The molecule has 1 N–H and O–H groups in total. The Hall–Kier alpha value is -3.04. The predicted molar refractivity (Wildman–Crippen MR) is 123 cm³/mol. The highest BCUT2D eigenvalue weighted by Crippen LogP contribution is 2.20. The van der Waals surface area contributed by atoms with Gasteiger partial charge in [0.25, 0.3) is 0 Å². The Kier molecular flexibility index (Phi) is 6.96. The second-order valence-electron chi connectivity index (χ2n) is 8.00. The Morgan fingerprint density at radius 3 is 2.56 bits per heavy atom. The lowest BCUT2D eigenvalue weighted by Gasteiger charge is -2.34. The fourth-order valence-corrected chi connectivity index (χ4v) is 4.42. The van der Waals surface area contributed by atoms with Crippen molar-refractivity contribution in [3.05, 3.63) is 52.0 Å². The van der Waals surface area contributed by atoms with Crippen molar-refractivity contribution in [1.82, 2.24) is 19.9 Å². The second-order valence-corrected chi connectivity index (χ2v) is 8.78. The van der Waals surface area contributed by atoms with Crippen LogP contribution in [0.2, 0.25) is 0 Å². The summed E-state index contributed by atoms with van der Waals surface area (Å²) in [5.74, 6) is 1.07. The highest BCUT2D eigenvalue weighted by molar-refractivity contribution is 7.08. The van der Waals surface area contributed by atoms with Crippen molar-refractivity contribution < 1.29 is 14.1 Å². The number of benzene rings is 1. The zero-order valence-electron chi connectivity index (χ0n) is 18.3. The lowest BCUT2D eigenvalue weighted by molar-refractivity contribution is -0.133. The molecule has 32 heavy (non-hydrogen) atoms. The van der Waals surface area contributed by atoms with Gasteiger partial charge in [-0.3, -0.25) is 14.5 Å². The molecular formula is C23H27N5O3S. The number of aryl methyl sites for hydroxylation is 3. The zero-order chi connectivity index (χ0) is 22.5. The summed E-state index contributed by atoms with van der Waals surface area (Å²) >= 11 is 1.57. The van der Waals surface area contributed by atoms with E-state index in [9.17, 15) is 9.59 Å². The number of carbonyl (C=O) groups is 2. The molecule has 0 bridgehead atoms. The number of nitrogens with zero attached hydrogens (tertiary/aromatic N) is 4. The van der Waals surface area contributed by atoms with Crippen molar-refractivity contribution in [3.8, 4) is 11.4 Å². The van der Waals surface area contributed by atoms with Gasteiger partial charge in [0, 0.05) is 55.7 Å². The Labute approximate surface area is 191 Å². The number of thiophene rings is 1. The molecule has 1 aromatic carbocycles. The van der Waals surface area contributed by atoms with Gasteiger partial charge < -0.3 is 14.7 Å². The third-order valence-electron chi connectivity index (χ3n) is 5.64. The van der Waals surface area contributed by atoms with Gasteiger partial charge in [0.15, 0.2) is 0 Å². The third-order valence-corrected chi connectivity index (χ3v) is 6.32. The summed E-state index contributed by atoms with van der Waals surface area (Å²) in [5, 5.41) is 10.9. The standard InChI is InChI=1S/C23H27N5O3S/c1-16-4-3-5-17(2)22(16)24-19(29)14-27-9-11-28(12-10-27)21(30)7-6-20-25-23(26-31-20)18-8-13-32-15-18/h3-5,8,13,15H,6-7,9-12,14H2,1-2H3,(H,24,29). The number of piperazine rings is 1. The molecule has 1 fully saturated rings. The summed E-state index contributed by atoms with van der Waals surface area (Å²) in [7, 11) is 0. The van der Waals surface area contributed by atoms with Crippen molar-refractivity contribution in [2.24, 2.45) is 0 Å². The third kappa shape index (κ3) is 5.41. The van der Waals surface area contributed by atoms with Crippen LogP contribution >= 0.6 is 11.3 Å². The summed E-state index contributed by atoms with van der Waals surface area (Å²) in [6, 6.07) is 7.90. The molecule has 0 spiro atoms. The number of nitrogens with one attached hydrogen (secondary N) is 1. The zero-order valence-corrected chi connectivity index (χ0v) is 19.2. The van der Waals surface area contributed by atoms with Gasteiger partial charge in [0.1, 0.15) is 0 Å². The summed E-state index contributed by atoms with van der Waals surface area (Å²) in [6.45, 7) is 6.88. The summed E-state index contributed by atoms with van der Waals surface area (Å²) in [4.78, 5) is 33.4. The van der Waals surface area contributed by atoms with Crippen LogP contribution in [0.15, 0.2) is 39.5 Å². The highest BCUT2D eigenvalue weighted by Gasteiger charge is 2.23. The smallest absolute Gasteiger partial charge is 0.238 e. The lowest BCUT2D eigenvalue weighted by atomic mass is 10.1. The first-order valence-electron chi connectivity index (χ1n) is 10.7. The van der Waals surface area contributed by atoms with Crippen molar-refractivity contribution in [2.75, 3.05) is 38.0 Å². The van der Waals surface area contributed by atoms with Gasteiger partial charge in [0.05, 0.1) is 6.54 Å². The maximum absolute atomic E-state index is 12.6. The topological polar surface area (TPSA) is 91.6 Å². The van der Waals surface area contributed by atoms with E-state index in [-0.39, 0.29) is 11.8 Å². The van der Waals surface area contributed by atoms with E-state index >= 15 is 0 Å². The number of carbonyl (C=O) groups excluding carboxylic acids is 2. The maximum Gasteiger partial charge on any atom is 0.238 e. The van der Waals surface area contributed by atoms with Crippen LogP contribution in [0, 0.1) is 13.8 Å². The van der Waals surface area contributed by atoms with E-state index in [1.807, 2.05) is 53.8 Å². The number of hydrogen-bond donors (Lipinski definition) is 1. The van der Waals surface area contributed by atoms with Crippen molar-refractivity contribution >= 4 is 28.8 Å². The Balaban J connectivity index is 1.20. The second kappa shape index (κ2) is 10.1. The summed E-state index contributed by atoms with van der Waals surface area (Å²) in [5.41, 5.74) is 3.92. The molecule has 0 atom stereocenters. The molecule has 0 radical (unpaired) electrons. The van der Waals surface area contributed by atoms with Gasteiger partial charge in [-0.2, -0.15) is 16.3 Å². The average molecular weight is 454 g/mol. The first kappa shape index (κ1) is 22.2. The number of rotatable bonds is 7. The Morgan fingerprint density at radius 1 is 1.12 bits per heavy atom. The van der Waals surface area contributed by atoms with Gasteiger partial charge in [-0.1, -0.05) is 23.4 Å². The Bertz CT molecular complexity index is 1050. The lowest BCUT2D eigenvalue weighted by Crippen LogP contribution is -2.50.